The summed E-state index contributed by atoms with van der Waals surface area (Å²) in [4.78, 5) is 0. The van der Waals surface area contributed by atoms with Crippen LogP contribution in [0.4, 0.5) is 0 Å². The summed E-state index contributed by atoms with van der Waals surface area (Å²) in [6.07, 6.45) is 4.37. The van der Waals surface area contributed by atoms with Gasteiger partial charge in [-0.15, -0.1) is 33.2 Å². The summed E-state index contributed by atoms with van der Waals surface area (Å²) in [6.45, 7) is 25.3. The van der Waals surface area contributed by atoms with Gasteiger partial charge in [0.25, 0.3) is 0 Å². The maximum atomic E-state index is 14.5. The lowest BCUT2D eigenvalue weighted by Crippen LogP contribution is -2.16. The van der Waals surface area contributed by atoms with Gasteiger partial charge in [-0.3, -0.25) is 4.67 Å². The molecular weight excluding hydrogens is 874 g/mol. The zero-order valence-corrected chi connectivity index (χ0v) is 44.2. The third kappa shape index (κ3) is 13.5. The molecule has 60 heavy (non-hydrogen) atoms. The van der Waals surface area contributed by atoms with E-state index in [2.05, 4.69) is 180 Å². The van der Waals surface area contributed by atoms with Gasteiger partial charge in [-0.25, -0.2) is 0 Å². The fourth-order valence-electron chi connectivity index (χ4n) is 8.44. The minimum Gasteiger partial charge on any atom is -0.305 e. The van der Waals surface area contributed by atoms with E-state index in [1.807, 2.05) is 18.8 Å². The Labute approximate surface area is 388 Å². The van der Waals surface area contributed by atoms with Crippen molar-refractivity contribution in [2.24, 2.45) is 0 Å². The van der Waals surface area contributed by atoms with E-state index in [4.69, 9.17) is 44.5 Å². The number of benzene rings is 4. The summed E-state index contributed by atoms with van der Waals surface area (Å²) in [7, 11) is 0.866. The standard InChI is InChI=1S/C26H38NOP.C24H32ClP.CH4.Cl3HSi/c1-25(2,3)21-13-9-19(10-14-21)23-17-18-24(29(23,28)27(7)8)20-11-15-22(16-12-20)26(4,5)6;1-23(2,3)19-11-7-17(8-12-19)21-15-16-22(26(21)25)18-9-13-20(14-10-18)24(4,5)6;;1-4(2)3/h9-16,23-24H,17-18H2,1-8H3;7-14,21-22H,15-16H2,1-6H3;1H4;4H/t23-,24-;21-,22-;;/m00../s1. The van der Waals surface area contributed by atoms with Gasteiger partial charge < -0.3 is 4.57 Å². The van der Waals surface area contributed by atoms with Gasteiger partial charge in [-0.05, 0) is 106 Å². The monoisotopic (exact) mass is 947 g/mol. The lowest BCUT2D eigenvalue weighted by Gasteiger charge is -2.33. The summed E-state index contributed by atoms with van der Waals surface area (Å²) in [6, 6.07) is 36.2. The molecule has 2 aliphatic heterocycles. The van der Waals surface area contributed by atoms with Crippen molar-refractivity contribution in [3.8, 4) is 0 Å². The molecule has 0 radical (unpaired) electrons. The predicted molar refractivity (Wildman–Crippen MR) is 276 cm³/mol. The van der Waals surface area contributed by atoms with E-state index in [1.165, 1.54) is 57.3 Å². The van der Waals surface area contributed by atoms with Crippen molar-refractivity contribution in [2.45, 2.75) is 160 Å². The third-order valence-electron chi connectivity index (χ3n) is 12.2. The molecule has 2 saturated heterocycles. The highest BCUT2D eigenvalue weighted by Gasteiger charge is 2.49. The van der Waals surface area contributed by atoms with Gasteiger partial charge in [-0.1, -0.05) is 199 Å². The van der Waals surface area contributed by atoms with Gasteiger partial charge in [0.05, 0.1) is 11.3 Å². The molecule has 0 bridgehead atoms. The molecule has 0 unspecified atom stereocenters. The third-order valence-corrected chi connectivity index (χ3v) is 20.1. The SMILES string of the molecule is C.CC(C)(C)c1ccc([C@@H]2CC[C@@H](c3ccc(C(C)(C)C)cc3)P2Cl)cc1.CN(C)P1(=O)[C@H](c2ccc(C(C)(C)C)cc2)CC[C@H]1c1ccc(C(C)(C)C)cc1.Cl[SiH](Cl)Cl. The fraction of sp³-hybridized carbons (Fsp3) is 0.529. The number of hydrogen-bond acceptors (Lipinski definition) is 1. The van der Waals surface area contributed by atoms with Crippen LogP contribution >= 0.6 is 59.0 Å². The molecule has 2 fully saturated rings. The molecule has 9 heteroatoms. The molecule has 4 aromatic carbocycles. The van der Waals surface area contributed by atoms with Crippen molar-refractivity contribution < 1.29 is 4.57 Å². The zero-order valence-electron chi connectivity index (χ0n) is 38.2. The van der Waals surface area contributed by atoms with Gasteiger partial charge >= 0.3 is 6.73 Å². The van der Waals surface area contributed by atoms with Gasteiger partial charge in [0.15, 0.2) is 7.29 Å². The van der Waals surface area contributed by atoms with E-state index in [0.717, 1.165) is 12.8 Å². The summed E-state index contributed by atoms with van der Waals surface area (Å²) < 4.78 is 16.5. The van der Waals surface area contributed by atoms with Crippen molar-refractivity contribution >= 4 is 65.8 Å². The maximum absolute atomic E-state index is 14.5. The summed E-state index contributed by atoms with van der Waals surface area (Å²) in [5.41, 5.74) is 12.7. The van der Waals surface area contributed by atoms with E-state index in [0.29, 0.717) is 11.3 Å². The Bertz CT molecular complexity index is 1840. The van der Waals surface area contributed by atoms with Crippen LogP contribution in [0.2, 0.25) is 0 Å². The van der Waals surface area contributed by atoms with Crippen LogP contribution in [0, 0.1) is 0 Å². The minimum absolute atomic E-state index is 0. The highest BCUT2D eigenvalue weighted by molar-refractivity contribution is 7.84. The molecule has 0 saturated carbocycles. The Balaban J connectivity index is 0.000000291. The first kappa shape index (κ1) is 53.2. The molecule has 0 N–H and O–H groups in total. The largest absolute Gasteiger partial charge is 0.326 e. The Hall–Kier alpha value is -1.12. The molecule has 2 heterocycles. The second kappa shape index (κ2) is 21.2. The van der Waals surface area contributed by atoms with E-state index < -0.39 is 21.3 Å². The molecule has 4 aromatic rings. The summed E-state index contributed by atoms with van der Waals surface area (Å²) in [5, 5.41) is 0. The first-order valence-corrected chi connectivity index (χ1v) is 30.6. The molecule has 0 aromatic heterocycles. The van der Waals surface area contributed by atoms with Gasteiger partial charge in [-0.2, -0.15) is 0 Å². The zero-order chi connectivity index (χ0) is 44.3. The smallest absolute Gasteiger partial charge is 0.305 e. The quantitative estimate of drug-likeness (QED) is 0.113. The van der Waals surface area contributed by atoms with Crippen LogP contribution in [0.5, 0.6) is 0 Å². The van der Waals surface area contributed by atoms with E-state index in [-0.39, 0.29) is 40.4 Å². The number of hydrogen-bond donors (Lipinski definition) is 0. The van der Waals surface area contributed by atoms with Crippen LogP contribution in [0.1, 0.15) is 183 Å². The van der Waals surface area contributed by atoms with E-state index in [9.17, 15) is 4.57 Å². The molecule has 6 rings (SSSR count). The molecule has 332 valence electrons. The minimum atomic E-state index is -2.58. The van der Waals surface area contributed by atoms with Gasteiger partial charge in [0.2, 0.25) is 0 Å². The molecule has 0 spiro atoms. The Kier molecular flexibility index (Phi) is 18.8. The van der Waals surface area contributed by atoms with Crippen LogP contribution in [-0.4, -0.2) is 25.5 Å². The molecule has 0 amide bonds. The second-order valence-electron chi connectivity index (χ2n) is 20.8. The number of halogens is 4. The van der Waals surface area contributed by atoms with Crippen LogP contribution in [0.15, 0.2) is 97.1 Å². The summed E-state index contributed by atoms with van der Waals surface area (Å²) >= 11 is 21.9. The van der Waals surface area contributed by atoms with Crippen LogP contribution in [0.25, 0.3) is 0 Å². The number of nitrogens with zero attached hydrogens (tertiary/aromatic N) is 1. The van der Waals surface area contributed by atoms with Crippen LogP contribution in [-0.2, 0) is 26.2 Å². The van der Waals surface area contributed by atoms with Crippen LogP contribution < -0.4 is 0 Å². The van der Waals surface area contributed by atoms with Crippen LogP contribution in [0.3, 0.4) is 0 Å². The molecule has 2 aliphatic rings. The Morgan fingerprint density at radius 2 is 0.700 bits per heavy atom. The lowest BCUT2D eigenvalue weighted by atomic mass is 9.86. The topological polar surface area (TPSA) is 20.3 Å². The first-order chi connectivity index (χ1) is 27.1. The van der Waals surface area contributed by atoms with E-state index in [1.54, 1.807) is 0 Å². The molecule has 0 aliphatic carbocycles. The predicted octanol–water partition coefficient (Wildman–Crippen LogP) is 18.2. The lowest BCUT2D eigenvalue weighted by molar-refractivity contribution is 0.502. The Morgan fingerprint density at radius 3 is 0.900 bits per heavy atom. The van der Waals surface area contributed by atoms with Crippen molar-refractivity contribution in [1.29, 1.82) is 0 Å². The Morgan fingerprint density at radius 1 is 0.483 bits per heavy atom. The normalized spacial score (nSPS) is 20.9. The maximum Gasteiger partial charge on any atom is 0.326 e. The average Bonchev–Trinajstić information content (AvgIpc) is 3.70. The fourth-order valence-corrected chi connectivity index (χ4v) is 15.6. The number of rotatable bonds is 5. The second-order valence-corrected chi connectivity index (χ2v) is 33.7. The van der Waals surface area contributed by atoms with Gasteiger partial charge in [0.1, 0.15) is 0 Å². The van der Waals surface area contributed by atoms with Crippen molar-refractivity contribution in [3.05, 3.63) is 142 Å². The molecule has 2 nitrogen and oxygen atoms in total. The molecular formula is C51H75Cl4NOP2Si. The highest BCUT2D eigenvalue weighted by Crippen LogP contribution is 2.77. The van der Waals surface area contributed by atoms with Gasteiger partial charge in [0, 0.05) is 18.6 Å². The van der Waals surface area contributed by atoms with E-state index >= 15 is 0 Å². The van der Waals surface area contributed by atoms with Crippen molar-refractivity contribution in [3.63, 3.8) is 0 Å². The average molecular weight is 950 g/mol. The summed E-state index contributed by atoms with van der Waals surface area (Å²) in [5.74, 6) is 0. The highest BCUT2D eigenvalue weighted by atomic mass is 35.8. The molecule has 4 atom stereocenters. The van der Waals surface area contributed by atoms with Crippen molar-refractivity contribution in [2.75, 3.05) is 14.1 Å². The van der Waals surface area contributed by atoms with Crippen molar-refractivity contribution in [1.82, 2.24) is 4.67 Å². The first-order valence-electron chi connectivity index (χ1n) is 21.2.